The van der Waals surface area contributed by atoms with Gasteiger partial charge in [0.25, 0.3) is 0 Å². The van der Waals surface area contributed by atoms with Gasteiger partial charge < -0.3 is 10.1 Å². The van der Waals surface area contributed by atoms with Crippen LogP contribution >= 0.6 is 23.2 Å². The number of halogens is 2. The van der Waals surface area contributed by atoms with E-state index in [0.29, 0.717) is 13.2 Å². The van der Waals surface area contributed by atoms with Crippen molar-refractivity contribution in [2.75, 3.05) is 19.7 Å². The molecule has 1 unspecified atom stereocenters. The van der Waals surface area contributed by atoms with Gasteiger partial charge in [0.05, 0.1) is 17.7 Å². The topological polar surface area (TPSA) is 75.7 Å². The molecule has 0 aliphatic carbocycles. The molecule has 0 spiro atoms. The SMILES string of the molecule is O=C(CN(Cc1ccccc1)S(=O)(=O)c1cc(Cl)ccc1Cl)NCC1CCCO1. The van der Waals surface area contributed by atoms with Crippen LogP contribution in [-0.4, -0.2) is 44.4 Å². The summed E-state index contributed by atoms with van der Waals surface area (Å²) in [6.07, 6.45) is 1.81. The maximum Gasteiger partial charge on any atom is 0.245 e. The predicted molar refractivity (Wildman–Crippen MR) is 112 cm³/mol. The van der Waals surface area contributed by atoms with Gasteiger partial charge in [0, 0.05) is 24.7 Å². The Morgan fingerprint density at radius 3 is 2.62 bits per heavy atom. The fraction of sp³-hybridized carbons (Fsp3) is 0.350. The van der Waals surface area contributed by atoms with E-state index in [1.54, 1.807) is 12.1 Å². The highest BCUT2D eigenvalue weighted by atomic mass is 35.5. The Kier molecular flexibility index (Phi) is 7.54. The number of hydrogen-bond donors (Lipinski definition) is 1. The van der Waals surface area contributed by atoms with E-state index in [-0.39, 0.29) is 34.1 Å². The molecule has 29 heavy (non-hydrogen) atoms. The molecule has 1 amide bonds. The molecule has 0 saturated carbocycles. The maximum absolute atomic E-state index is 13.3. The Balaban J connectivity index is 1.81. The summed E-state index contributed by atoms with van der Waals surface area (Å²) in [6, 6.07) is 13.3. The van der Waals surface area contributed by atoms with Gasteiger partial charge in [0.1, 0.15) is 4.90 Å². The average Bonchev–Trinajstić information content (AvgIpc) is 3.22. The van der Waals surface area contributed by atoms with Crippen molar-refractivity contribution in [1.82, 2.24) is 9.62 Å². The molecule has 2 aromatic carbocycles. The van der Waals surface area contributed by atoms with Crippen molar-refractivity contribution in [2.45, 2.75) is 30.4 Å². The second-order valence-corrected chi connectivity index (χ2v) is 9.52. The fourth-order valence-electron chi connectivity index (χ4n) is 3.08. The Morgan fingerprint density at radius 1 is 1.17 bits per heavy atom. The molecule has 0 radical (unpaired) electrons. The van der Waals surface area contributed by atoms with Gasteiger partial charge in [0.2, 0.25) is 15.9 Å². The Hall–Kier alpha value is -1.64. The van der Waals surface area contributed by atoms with E-state index in [0.717, 1.165) is 22.7 Å². The van der Waals surface area contributed by atoms with Crippen LogP contribution in [0.1, 0.15) is 18.4 Å². The lowest BCUT2D eigenvalue weighted by molar-refractivity contribution is -0.121. The number of carbonyl (C=O) groups is 1. The van der Waals surface area contributed by atoms with Crippen LogP contribution < -0.4 is 5.32 Å². The third-order valence-electron chi connectivity index (χ3n) is 4.58. The number of sulfonamides is 1. The number of ether oxygens (including phenoxy) is 1. The van der Waals surface area contributed by atoms with Gasteiger partial charge in [0.15, 0.2) is 0 Å². The Bertz CT molecular complexity index is 948. The summed E-state index contributed by atoms with van der Waals surface area (Å²) in [5.41, 5.74) is 0.751. The molecular weight excluding hydrogens is 435 g/mol. The van der Waals surface area contributed by atoms with Crippen molar-refractivity contribution in [3.05, 3.63) is 64.1 Å². The first-order valence-electron chi connectivity index (χ1n) is 9.23. The highest BCUT2D eigenvalue weighted by Crippen LogP contribution is 2.28. The fourth-order valence-corrected chi connectivity index (χ4v) is 5.20. The molecule has 0 bridgehead atoms. The molecule has 3 rings (SSSR count). The summed E-state index contributed by atoms with van der Waals surface area (Å²) in [7, 11) is -4.06. The average molecular weight is 457 g/mol. The number of hydrogen-bond acceptors (Lipinski definition) is 4. The van der Waals surface area contributed by atoms with E-state index in [2.05, 4.69) is 5.32 Å². The zero-order chi connectivity index (χ0) is 20.9. The van der Waals surface area contributed by atoms with E-state index in [4.69, 9.17) is 27.9 Å². The van der Waals surface area contributed by atoms with Gasteiger partial charge in [-0.15, -0.1) is 0 Å². The van der Waals surface area contributed by atoms with E-state index >= 15 is 0 Å². The van der Waals surface area contributed by atoms with Crippen molar-refractivity contribution >= 4 is 39.1 Å². The number of nitrogens with zero attached hydrogens (tertiary/aromatic N) is 1. The van der Waals surface area contributed by atoms with Gasteiger partial charge in [-0.05, 0) is 36.6 Å². The zero-order valence-corrected chi connectivity index (χ0v) is 18.0. The lowest BCUT2D eigenvalue weighted by atomic mass is 10.2. The number of benzene rings is 2. The van der Waals surface area contributed by atoms with Crippen LogP contribution in [0, 0.1) is 0 Å². The van der Waals surface area contributed by atoms with Crippen LogP contribution in [0.4, 0.5) is 0 Å². The molecule has 1 atom stereocenters. The van der Waals surface area contributed by atoms with E-state index < -0.39 is 15.9 Å². The summed E-state index contributed by atoms with van der Waals surface area (Å²) in [5, 5.41) is 3.06. The molecule has 1 aliphatic rings. The van der Waals surface area contributed by atoms with Crippen molar-refractivity contribution in [3.63, 3.8) is 0 Å². The lowest BCUT2D eigenvalue weighted by Gasteiger charge is -2.23. The second kappa shape index (κ2) is 9.91. The standard InChI is InChI=1S/C20H22Cl2N2O4S/c21-16-8-9-18(22)19(11-16)29(26,27)24(13-15-5-2-1-3-6-15)14-20(25)23-12-17-7-4-10-28-17/h1-3,5-6,8-9,11,17H,4,7,10,12-14H2,(H,23,25). The van der Waals surface area contributed by atoms with Gasteiger partial charge >= 0.3 is 0 Å². The third-order valence-corrected chi connectivity index (χ3v) is 7.09. The summed E-state index contributed by atoms with van der Waals surface area (Å²) >= 11 is 12.1. The molecule has 1 aliphatic heterocycles. The van der Waals surface area contributed by atoms with E-state index in [9.17, 15) is 13.2 Å². The highest BCUT2D eigenvalue weighted by Gasteiger charge is 2.29. The molecule has 0 aromatic heterocycles. The number of nitrogens with one attached hydrogen (secondary N) is 1. The summed E-state index contributed by atoms with van der Waals surface area (Å²) in [5.74, 6) is -0.404. The predicted octanol–water partition coefficient (Wildman–Crippen LogP) is 3.48. The second-order valence-electron chi connectivity index (χ2n) is 6.77. The third kappa shape index (κ3) is 5.93. The molecule has 2 aromatic rings. The van der Waals surface area contributed by atoms with Crippen LogP contribution in [0.3, 0.4) is 0 Å². The number of rotatable bonds is 8. The van der Waals surface area contributed by atoms with Crippen LogP contribution in [0.5, 0.6) is 0 Å². The molecule has 156 valence electrons. The minimum Gasteiger partial charge on any atom is -0.376 e. The quantitative estimate of drug-likeness (QED) is 0.659. The maximum atomic E-state index is 13.3. The van der Waals surface area contributed by atoms with Crippen molar-refractivity contribution in [2.24, 2.45) is 0 Å². The van der Waals surface area contributed by atoms with Gasteiger partial charge in [-0.25, -0.2) is 8.42 Å². The van der Waals surface area contributed by atoms with Crippen molar-refractivity contribution < 1.29 is 17.9 Å². The summed E-state index contributed by atoms with van der Waals surface area (Å²) in [4.78, 5) is 12.4. The molecule has 1 heterocycles. The zero-order valence-electron chi connectivity index (χ0n) is 15.7. The number of carbonyl (C=O) groups excluding carboxylic acids is 1. The summed E-state index contributed by atoms with van der Waals surface area (Å²) in [6.45, 7) is 0.727. The molecule has 9 heteroatoms. The molecule has 1 N–H and O–H groups in total. The lowest BCUT2D eigenvalue weighted by Crippen LogP contribution is -2.42. The van der Waals surface area contributed by atoms with Crippen LogP contribution in [-0.2, 0) is 26.1 Å². The monoisotopic (exact) mass is 456 g/mol. The van der Waals surface area contributed by atoms with Crippen LogP contribution in [0.2, 0.25) is 10.0 Å². The first kappa shape index (κ1) is 22.1. The summed E-state index contributed by atoms with van der Waals surface area (Å²) < 4.78 is 33.2. The minimum absolute atomic E-state index is 0.0271. The first-order valence-corrected chi connectivity index (χ1v) is 11.4. The van der Waals surface area contributed by atoms with Crippen LogP contribution in [0.25, 0.3) is 0 Å². The Morgan fingerprint density at radius 2 is 1.93 bits per heavy atom. The van der Waals surface area contributed by atoms with E-state index in [1.807, 2.05) is 18.2 Å². The van der Waals surface area contributed by atoms with Crippen molar-refractivity contribution in [1.29, 1.82) is 0 Å². The minimum atomic E-state index is -4.06. The molecule has 1 saturated heterocycles. The highest BCUT2D eigenvalue weighted by molar-refractivity contribution is 7.89. The largest absolute Gasteiger partial charge is 0.376 e. The molecule has 6 nitrogen and oxygen atoms in total. The van der Waals surface area contributed by atoms with Gasteiger partial charge in [-0.3, -0.25) is 4.79 Å². The smallest absolute Gasteiger partial charge is 0.245 e. The molecular formula is C20H22Cl2N2O4S. The van der Waals surface area contributed by atoms with Gasteiger partial charge in [-0.2, -0.15) is 4.31 Å². The first-order chi connectivity index (χ1) is 13.9. The molecule has 1 fully saturated rings. The Labute approximate surface area is 180 Å². The number of amides is 1. The van der Waals surface area contributed by atoms with Gasteiger partial charge in [-0.1, -0.05) is 53.5 Å². The van der Waals surface area contributed by atoms with Crippen LogP contribution in [0.15, 0.2) is 53.4 Å². The van der Waals surface area contributed by atoms with Crippen molar-refractivity contribution in [3.8, 4) is 0 Å². The van der Waals surface area contributed by atoms with E-state index in [1.165, 1.54) is 18.2 Å². The normalized spacial score (nSPS) is 16.9.